The first kappa shape index (κ1) is 23.1. The van der Waals surface area contributed by atoms with E-state index in [0.717, 1.165) is 45.2 Å². The van der Waals surface area contributed by atoms with Gasteiger partial charge in [-0.2, -0.15) is 0 Å². The van der Waals surface area contributed by atoms with E-state index in [-0.39, 0.29) is 30.0 Å². The summed E-state index contributed by atoms with van der Waals surface area (Å²) in [6.07, 6.45) is 1.04. The third-order valence-electron chi connectivity index (χ3n) is 3.64. The highest BCUT2D eigenvalue weighted by Gasteiger charge is 2.06. The molecular weight excluding hydrogens is 415 g/mol. The molecule has 0 bridgehead atoms. The topological polar surface area (TPSA) is 48.9 Å². The van der Waals surface area contributed by atoms with E-state index >= 15 is 0 Å². The molecule has 1 rings (SSSR count). The van der Waals surface area contributed by atoms with Crippen LogP contribution in [-0.2, 0) is 4.74 Å². The molecule has 0 aliphatic carbocycles. The van der Waals surface area contributed by atoms with Crippen molar-refractivity contribution >= 4 is 29.9 Å². The SMILES string of the molecule is CCNC(=NCCCN(C)CCOC)NC(C)c1ccccc1.I. The Labute approximate surface area is 164 Å². The number of nitrogens with zero attached hydrogens (tertiary/aromatic N) is 2. The third kappa shape index (κ3) is 10.1. The van der Waals surface area contributed by atoms with Crippen LogP contribution in [0.25, 0.3) is 0 Å². The fraction of sp³-hybridized carbons (Fsp3) is 0.611. The lowest BCUT2D eigenvalue weighted by atomic mass is 10.1. The van der Waals surface area contributed by atoms with Gasteiger partial charge >= 0.3 is 0 Å². The van der Waals surface area contributed by atoms with Gasteiger partial charge in [0.25, 0.3) is 0 Å². The van der Waals surface area contributed by atoms with Crippen molar-refractivity contribution in [1.29, 1.82) is 0 Å². The molecule has 0 heterocycles. The molecule has 6 heteroatoms. The minimum absolute atomic E-state index is 0. The van der Waals surface area contributed by atoms with E-state index in [1.54, 1.807) is 7.11 Å². The highest BCUT2D eigenvalue weighted by Crippen LogP contribution is 2.10. The lowest BCUT2D eigenvalue weighted by Gasteiger charge is -2.18. The minimum Gasteiger partial charge on any atom is -0.383 e. The number of rotatable bonds is 10. The maximum absolute atomic E-state index is 5.09. The van der Waals surface area contributed by atoms with E-state index in [9.17, 15) is 0 Å². The van der Waals surface area contributed by atoms with Gasteiger partial charge in [-0.05, 0) is 39.4 Å². The molecule has 0 aromatic heterocycles. The standard InChI is InChI=1S/C18H32N4O.HI/c1-5-19-18(20-12-9-13-22(3)14-15-23-4)21-16(2)17-10-7-6-8-11-17;/h6-8,10-11,16H,5,9,12-15H2,1-4H3,(H2,19,20,21);1H. The van der Waals surface area contributed by atoms with Gasteiger partial charge in [-0.1, -0.05) is 30.3 Å². The van der Waals surface area contributed by atoms with Crippen LogP contribution in [0.1, 0.15) is 31.9 Å². The summed E-state index contributed by atoms with van der Waals surface area (Å²) in [5, 5.41) is 6.77. The van der Waals surface area contributed by atoms with Crippen molar-refractivity contribution in [2.24, 2.45) is 4.99 Å². The number of aliphatic imine (C=N–C) groups is 1. The highest BCUT2D eigenvalue weighted by molar-refractivity contribution is 14.0. The molecule has 0 saturated heterocycles. The number of benzene rings is 1. The quantitative estimate of drug-likeness (QED) is 0.250. The molecule has 5 nitrogen and oxygen atoms in total. The van der Waals surface area contributed by atoms with Crippen LogP contribution in [0, 0.1) is 0 Å². The van der Waals surface area contributed by atoms with Crippen molar-refractivity contribution in [2.45, 2.75) is 26.3 Å². The average molecular weight is 448 g/mol. The lowest BCUT2D eigenvalue weighted by molar-refractivity contribution is 0.161. The smallest absolute Gasteiger partial charge is 0.191 e. The predicted octanol–water partition coefficient (Wildman–Crippen LogP) is 2.89. The van der Waals surface area contributed by atoms with Gasteiger partial charge in [-0.25, -0.2) is 0 Å². The fourth-order valence-electron chi connectivity index (χ4n) is 2.24. The van der Waals surface area contributed by atoms with Crippen molar-refractivity contribution in [3.05, 3.63) is 35.9 Å². The minimum atomic E-state index is 0. The van der Waals surface area contributed by atoms with Gasteiger partial charge in [0.1, 0.15) is 0 Å². The average Bonchev–Trinajstić information content (AvgIpc) is 2.57. The van der Waals surface area contributed by atoms with Crippen molar-refractivity contribution in [3.63, 3.8) is 0 Å². The van der Waals surface area contributed by atoms with Crippen LogP contribution < -0.4 is 10.6 Å². The molecule has 0 aliphatic heterocycles. The molecule has 1 aromatic rings. The van der Waals surface area contributed by atoms with Gasteiger partial charge in [0, 0.05) is 26.7 Å². The third-order valence-corrected chi connectivity index (χ3v) is 3.64. The second-order valence-corrected chi connectivity index (χ2v) is 5.69. The first-order chi connectivity index (χ1) is 11.2. The summed E-state index contributed by atoms with van der Waals surface area (Å²) in [5.74, 6) is 0.878. The fourth-order valence-corrected chi connectivity index (χ4v) is 2.24. The first-order valence-electron chi connectivity index (χ1n) is 8.44. The molecule has 1 unspecified atom stereocenters. The summed E-state index contributed by atoms with van der Waals surface area (Å²) < 4.78 is 5.09. The van der Waals surface area contributed by atoms with E-state index in [1.165, 1.54) is 5.56 Å². The van der Waals surface area contributed by atoms with E-state index in [1.807, 2.05) is 6.07 Å². The molecule has 0 saturated carbocycles. The predicted molar refractivity (Wildman–Crippen MR) is 113 cm³/mol. The van der Waals surface area contributed by atoms with Gasteiger partial charge in [0.2, 0.25) is 0 Å². The van der Waals surface area contributed by atoms with Crippen molar-refractivity contribution in [2.75, 3.05) is 46.9 Å². The Morgan fingerprint density at radius 3 is 2.58 bits per heavy atom. The number of methoxy groups -OCH3 is 1. The number of guanidine groups is 1. The zero-order chi connectivity index (χ0) is 16.9. The van der Waals surface area contributed by atoms with Gasteiger partial charge < -0.3 is 20.3 Å². The van der Waals surface area contributed by atoms with Gasteiger partial charge in [-0.3, -0.25) is 4.99 Å². The molecule has 138 valence electrons. The van der Waals surface area contributed by atoms with Crippen LogP contribution in [0.5, 0.6) is 0 Å². The van der Waals surface area contributed by atoms with Crippen LogP contribution >= 0.6 is 24.0 Å². The second kappa shape index (κ2) is 14.5. The molecule has 0 radical (unpaired) electrons. The molecule has 1 atom stereocenters. The van der Waals surface area contributed by atoms with Crippen LogP contribution in [0.15, 0.2) is 35.3 Å². The molecular formula is C18H33IN4O. The molecule has 24 heavy (non-hydrogen) atoms. The van der Waals surface area contributed by atoms with Gasteiger partial charge in [0.05, 0.1) is 12.6 Å². The summed E-state index contributed by atoms with van der Waals surface area (Å²) in [6, 6.07) is 10.7. The summed E-state index contributed by atoms with van der Waals surface area (Å²) in [6.45, 7) is 8.68. The first-order valence-corrected chi connectivity index (χ1v) is 8.44. The number of hydrogen-bond acceptors (Lipinski definition) is 3. The number of nitrogens with one attached hydrogen (secondary N) is 2. The molecule has 1 aromatic carbocycles. The van der Waals surface area contributed by atoms with Crippen molar-refractivity contribution in [1.82, 2.24) is 15.5 Å². The second-order valence-electron chi connectivity index (χ2n) is 5.69. The Balaban J connectivity index is 0.00000529. The van der Waals surface area contributed by atoms with Crippen molar-refractivity contribution < 1.29 is 4.74 Å². The van der Waals surface area contributed by atoms with E-state index in [4.69, 9.17) is 4.74 Å². The molecule has 0 fully saturated rings. The summed E-state index contributed by atoms with van der Waals surface area (Å²) in [7, 11) is 3.85. The summed E-state index contributed by atoms with van der Waals surface area (Å²) in [4.78, 5) is 6.94. The molecule has 0 amide bonds. The van der Waals surface area contributed by atoms with E-state index < -0.39 is 0 Å². The molecule has 2 N–H and O–H groups in total. The van der Waals surface area contributed by atoms with Gasteiger partial charge in [0.15, 0.2) is 5.96 Å². The Hall–Kier alpha value is -0.860. The van der Waals surface area contributed by atoms with Crippen molar-refractivity contribution in [3.8, 4) is 0 Å². The molecule has 0 aliphatic rings. The maximum Gasteiger partial charge on any atom is 0.191 e. The molecule has 0 spiro atoms. The largest absolute Gasteiger partial charge is 0.383 e. The number of likely N-dealkylation sites (N-methyl/N-ethyl adjacent to an activating group) is 1. The van der Waals surface area contributed by atoms with Crippen LogP contribution in [0.3, 0.4) is 0 Å². The Kier molecular flexibility index (Phi) is 14.0. The zero-order valence-corrected chi connectivity index (χ0v) is 17.7. The van der Waals surface area contributed by atoms with Gasteiger partial charge in [-0.15, -0.1) is 24.0 Å². The Morgan fingerprint density at radius 1 is 1.25 bits per heavy atom. The number of halogens is 1. The Bertz CT molecular complexity index is 442. The number of hydrogen-bond donors (Lipinski definition) is 2. The summed E-state index contributed by atoms with van der Waals surface area (Å²) in [5.41, 5.74) is 1.26. The zero-order valence-electron chi connectivity index (χ0n) is 15.4. The maximum atomic E-state index is 5.09. The highest BCUT2D eigenvalue weighted by atomic mass is 127. The Morgan fingerprint density at radius 2 is 1.96 bits per heavy atom. The van der Waals surface area contributed by atoms with Crippen LogP contribution in [-0.4, -0.2) is 57.8 Å². The monoisotopic (exact) mass is 448 g/mol. The van der Waals surface area contributed by atoms with E-state index in [0.29, 0.717) is 0 Å². The van der Waals surface area contributed by atoms with Crippen LogP contribution in [0.4, 0.5) is 0 Å². The van der Waals surface area contributed by atoms with Crippen LogP contribution in [0.2, 0.25) is 0 Å². The number of ether oxygens (including phenoxy) is 1. The summed E-state index contributed by atoms with van der Waals surface area (Å²) >= 11 is 0. The lowest BCUT2D eigenvalue weighted by Crippen LogP contribution is -2.39. The van der Waals surface area contributed by atoms with E-state index in [2.05, 4.69) is 65.7 Å². The normalized spacial score (nSPS) is 12.6.